The molecule has 5 nitrogen and oxygen atoms in total. The van der Waals surface area contributed by atoms with Crippen LogP contribution in [0.3, 0.4) is 0 Å². The van der Waals surface area contributed by atoms with E-state index in [1.165, 1.54) is 0 Å². The zero-order chi connectivity index (χ0) is 13.8. The molecule has 1 saturated heterocycles. The van der Waals surface area contributed by atoms with Crippen molar-refractivity contribution in [3.8, 4) is 6.07 Å². The minimum absolute atomic E-state index is 0.0947. The number of anilines is 1. The number of aryl methyl sites for hydroxylation is 1. The largest absolute Gasteiger partial charge is 0.450 e. The fourth-order valence-electron chi connectivity index (χ4n) is 2.06. The fraction of sp³-hybridized carbons (Fsp3) is 0.357. The highest BCUT2D eigenvalue weighted by Crippen LogP contribution is 2.25. The van der Waals surface area contributed by atoms with Crippen LogP contribution in [0.25, 0.3) is 0 Å². The molecule has 98 valence electrons. The maximum atomic E-state index is 11.9. The second kappa shape index (κ2) is 5.53. The summed E-state index contributed by atoms with van der Waals surface area (Å²) in [5.41, 5.74) is 1.89. The Morgan fingerprint density at radius 1 is 1.47 bits per heavy atom. The topological polar surface area (TPSA) is 70.4 Å². The maximum absolute atomic E-state index is 11.9. The van der Waals surface area contributed by atoms with Gasteiger partial charge < -0.3 is 9.64 Å². The van der Waals surface area contributed by atoms with E-state index in [1.807, 2.05) is 31.2 Å². The van der Waals surface area contributed by atoms with Gasteiger partial charge in [-0.3, -0.25) is 9.59 Å². The molecule has 1 heterocycles. The van der Waals surface area contributed by atoms with Crippen molar-refractivity contribution in [2.45, 2.75) is 13.3 Å². The zero-order valence-corrected chi connectivity index (χ0v) is 10.6. The third-order valence-corrected chi connectivity index (χ3v) is 3.08. The molecule has 5 heteroatoms. The number of carbonyl (C=O) groups is 2. The molecule has 1 atom stereocenters. The number of hydrogen-bond donors (Lipinski definition) is 0. The van der Waals surface area contributed by atoms with Crippen molar-refractivity contribution in [3.05, 3.63) is 29.8 Å². The molecular formula is C14H14N2O3. The molecule has 0 bridgehead atoms. The summed E-state index contributed by atoms with van der Waals surface area (Å²) >= 11 is 0. The average Bonchev–Trinajstić information content (AvgIpc) is 2.79. The Morgan fingerprint density at radius 3 is 2.79 bits per heavy atom. The smallest absolute Gasteiger partial charge is 0.312 e. The Hall–Kier alpha value is -2.35. The monoisotopic (exact) mass is 258 g/mol. The Bertz CT molecular complexity index is 531. The standard InChI is InChI=1S/C14H14N2O3/c1-10-2-4-12(5-3-10)16-9-11(8-13(16)17)14(18)19-7-6-15/h2-5,11H,7-9H2,1H3. The van der Waals surface area contributed by atoms with Crippen molar-refractivity contribution in [1.82, 2.24) is 0 Å². The van der Waals surface area contributed by atoms with Gasteiger partial charge in [-0.05, 0) is 19.1 Å². The van der Waals surface area contributed by atoms with Crippen LogP contribution in [0.4, 0.5) is 5.69 Å². The second-order valence-electron chi connectivity index (χ2n) is 4.51. The van der Waals surface area contributed by atoms with E-state index < -0.39 is 11.9 Å². The van der Waals surface area contributed by atoms with Gasteiger partial charge in [0.05, 0.1) is 5.92 Å². The molecule has 0 aromatic heterocycles. The van der Waals surface area contributed by atoms with E-state index in [4.69, 9.17) is 10.00 Å². The third kappa shape index (κ3) is 2.91. The lowest BCUT2D eigenvalue weighted by atomic mass is 10.1. The zero-order valence-electron chi connectivity index (χ0n) is 10.6. The second-order valence-corrected chi connectivity index (χ2v) is 4.51. The van der Waals surface area contributed by atoms with Crippen LogP contribution in [-0.2, 0) is 14.3 Å². The van der Waals surface area contributed by atoms with E-state index in [0.29, 0.717) is 6.54 Å². The highest BCUT2D eigenvalue weighted by atomic mass is 16.5. The van der Waals surface area contributed by atoms with Gasteiger partial charge in [-0.2, -0.15) is 5.26 Å². The van der Waals surface area contributed by atoms with E-state index in [-0.39, 0.29) is 18.9 Å². The molecule has 1 aliphatic rings. The Morgan fingerprint density at radius 2 is 2.16 bits per heavy atom. The first kappa shape index (κ1) is 13.1. The van der Waals surface area contributed by atoms with Gasteiger partial charge in [-0.1, -0.05) is 17.7 Å². The average molecular weight is 258 g/mol. The number of carbonyl (C=O) groups excluding carboxylic acids is 2. The van der Waals surface area contributed by atoms with Crippen LogP contribution >= 0.6 is 0 Å². The van der Waals surface area contributed by atoms with Gasteiger partial charge in [0.2, 0.25) is 5.91 Å². The van der Waals surface area contributed by atoms with Gasteiger partial charge in [0, 0.05) is 18.7 Å². The van der Waals surface area contributed by atoms with Crippen LogP contribution in [0, 0.1) is 24.2 Å². The lowest BCUT2D eigenvalue weighted by Crippen LogP contribution is -2.26. The number of benzene rings is 1. The molecule has 1 aromatic rings. The minimum Gasteiger partial charge on any atom is -0.450 e. The van der Waals surface area contributed by atoms with Gasteiger partial charge in [-0.15, -0.1) is 0 Å². The maximum Gasteiger partial charge on any atom is 0.312 e. The third-order valence-electron chi connectivity index (χ3n) is 3.08. The van der Waals surface area contributed by atoms with E-state index in [1.54, 1.807) is 11.0 Å². The molecule has 19 heavy (non-hydrogen) atoms. The first-order valence-corrected chi connectivity index (χ1v) is 6.02. The summed E-state index contributed by atoms with van der Waals surface area (Å²) in [7, 11) is 0. The van der Waals surface area contributed by atoms with Crippen LogP contribution in [0.1, 0.15) is 12.0 Å². The van der Waals surface area contributed by atoms with Crippen molar-refractivity contribution in [2.75, 3.05) is 18.1 Å². The van der Waals surface area contributed by atoms with E-state index in [2.05, 4.69) is 0 Å². The summed E-state index contributed by atoms with van der Waals surface area (Å²) in [6.45, 7) is 2.01. The molecule has 1 aromatic carbocycles. The summed E-state index contributed by atoms with van der Waals surface area (Å²) in [6, 6.07) is 9.30. The molecule has 2 rings (SSSR count). The first-order chi connectivity index (χ1) is 9.11. The van der Waals surface area contributed by atoms with Crippen LogP contribution in [0.5, 0.6) is 0 Å². The molecule has 1 fully saturated rings. The van der Waals surface area contributed by atoms with E-state index in [0.717, 1.165) is 11.3 Å². The van der Waals surface area contributed by atoms with Crippen molar-refractivity contribution in [3.63, 3.8) is 0 Å². The van der Waals surface area contributed by atoms with Crippen LogP contribution in [-0.4, -0.2) is 25.0 Å². The Labute approximate surface area is 111 Å². The Kier molecular flexibility index (Phi) is 3.81. The van der Waals surface area contributed by atoms with Gasteiger partial charge in [-0.25, -0.2) is 0 Å². The number of rotatable bonds is 3. The summed E-state index contributed by atoms with van der Waals surface area (Å²) in [5.74, 6) is -1.06. The van der Waals surface area contributed by atoms with Crippen molar-refractivity contribution in [2.24, 2.45) is 5.92 Å². The highest BCUT2D eigenvalue weighted by molar-refractivity contribution is 5.99. The Balaban J connectivity index is 2.05. The molecular weight excluding hydrogens is 244 g/mol. The van der Waals surface area contributed by atoms with Crippen molar-refractivity contribution < 1.29 is 14.3 Å². The number of esters is 1. The predicted molar refractivity (Wildman–Crippen MR) is 68.2 cm³/mol. The molecule has 1 aliphatic heterocycles. The van der Waals surface area contributed by atoms with Gasteiger partial charge in [0.1, 0.15) is 6.07 Å². The molecule has 0 spiro atoms. The minimum atomic E-state index is -0.484. The van der Waals surface area contributed by atoms with Gasteiger partial charge >= 0.3 is 5.97 Å². The van der Waals surface area contributed by atoms with Crippen LogP contribution < -0.4 is 4.90 Å². The molecule has 1 unspecified atom stereocenters. The van der Waals surface area contributed by atoms with Crippen molar-refractivity contribution >= 4 is 17.6 Å². The number of amides is 1. The highest BCUT2D eigenvalue weighted by Gasteiger charge is 2.36. The quantitative estimate of drug-likeness (QED) is 0.769. The normalized spacial score (nSPS) is 18.2. The lowest BCUT2D eigenvalue weighted by molar-refractivity contribution is -0.146. The number of ether oxygens (including phenoxy) is 1. The lowest BCUT2D eigenvalue weighted by Gasteiger charge is -2.16. The number of nitrogens with zero attached hydrogens (tertiary/aromatic N) is 2. The first-order valence-electron chi connectivity index (χ1n) is 6.02. The molecule has 0 saturated carbocycles. The summed E-state index contributed by atoms with van der Waals surface area (Å²) in [6.07, 6.45) is 0.137. The predicted octanol–water partition coefficient (Wildman–Crippen LogP) is 1.41. The molecule has 0 N–H and O–H groups in total. The number of hydrogen-bond acceptors (Lipinski definition) is 4. The van der Waals surface area contributed by atoms with Crippen LogP contribution in [0.15, 0.2) is 24.3 Å². The fourth-order valence-corrected chi connectivity index (χ4v) is 2.06. The summed E-state index contributed by atoms with van der Waals surface area (Å²) in [5, 5.41) is 8.36. The van der Waals surface area contributed by atoms with E-state index in [9.17, 15) is 9.59 Å². The summed E-state index contributed by atoms with van der Waals surface area (Å²) in [4.78, 5) is 25.1. The molecule has 1 amide bonds. The molecule has 0 radical (unpaired) electrons. The van der Waals surface area contributed by atoms with Gasteiger partial charge in [0.15, 0.2) is 6.61 Å². The van der Waals surface area contributed by atoms with Crippen LogP contribution in [0.2, 0.25) is 0 Å². The SMILES string of the molecule is Cc1ccc(N2CC(C(=O)OCC#N)CC2=O)cc1. The van der Waals surface area contributed by atoms with Gasteiger partial charge in [0.25, 0.3) is 0 Å². The summed E-state index contributed by atoms with van der Waals surface area (Å²) < 4.78 is 4.75. The van der Waals surface area contributed by atoms with E-state index >= 15 is 0 Å². The number of nitriles is 1. The molecule has 0 aliphatic carbocycles. The van der Waals surface area contributed by atoms with Crippen molar-refractivity contribution in [1.29, 1.82) is 5.26 Å².